The lowest BCUT2D eigenvalue weighted by atomic mass is 10.2. The van der Waals surface area contributed by atoms with Gasteiger partial charge < -0.3 is 4.84 Å². The zero-order valence-corrected chi connectivity index (χ0v) is 7.82. The fraction of sp³-hybridized carbons (Fsp3) is 0.222. The third kappa shape index (κ3) is 3.53. The Kier molecular flexibility index (Phi) is 4.63. The molecule has 1 rings (SSSR count). The molecule has 0 fully saturated rings. The third-order valence-corrected chi connectivity index (χ3v) is 1.42. The van der Waals surface area contributed by atoms with Crippen LogP contribution in [0.4, 0.5) is 0 Å². The van der Waals surface area contributed by atoms with Gasteiger partial charge >= 0.3 is 5.97 Å². The molecule has 0 saturated heterocycles. The maximum atomic E-state index is 11.2. The van der Waals surface area contributed by atoms with Crippen LogP contribution in [-0.2, 0) is 9.68 Å². The van der Waals surface area contributed by atoms with Crippen molar-refractivity contribution in [1.29, 1.82) is 0 Å². The highest BCUT2D eigenvalue weighted by atomic mass is 16.9. The molecule has 0 radical (unpaired) electrons. The van der Waals surface area contributed by atoms with E-state index < -0.39 is 5.97 Å². The van der Waals surface area contributed by atoms with Crippen molar-refractivity contribution in [3.63, 3.8) is 0 Å². The summed E-state index contributed by atoms with van der Waals surface area (Å²) in [6.07, 6.45) is 0. The van der Waals surface area contributed by atoms with E-state index >= 15 is 0 Å². The topological polar surface area (TPSA) is 59.6 Å². The molecule has 0 unspecified atom stereocenters. The van der Waals surface area contributed by atoms with E-state index in [-0.39, 0.29) is 6.73 Å². The Bertz CT molecular complexity index is 277. The fourth-order valence-electron chi connectivity index (χ4n) is 0.802. The SMILES string of the molecule is CNCONOC(=O)c1ccccc1. The molecular formula is C9H12N2O3. The zero-order chi connectivity index (χ0) is 10.2. The van der Waals surface area contributed by atoms with Crippen molar-refractivity contribution >= 4 is 5.97 Å². The second-order valence-corrected chi connectivity index (χ2v) is 2.48. The first kappa shape index (κ1) is 10.6. The van der Waals surface area contributed by atoms with Gasteiger partial charge in [-0.3, -0.25) is 10.2 Å². The molecule has 0 bridgehead atoms. The lowest BCUT2D eigenvalue weighted by Crippen LogP contribution is -2.25. The molecule has 0 atom stereocenters. The Hall–Kier alpha value is -1.43. The second kappa shape index (κ2) is 6.09. The van der Waals surface area contributed by atoms with E-state index in [1.54, 1.807) is 31.3 Å². The minimum atomic E-state index is -0.485. The number of rotatable bonds is 5. The van der Waals surface area contributed by atoms with Gasteiger partial charge in [0.25, 0.3) is 0 Å². The highest BCUT2D eigenvalue weighted by Crippen LogP contribution is 1.99. The normalized spacial score (nSPS) is 9.79. The lowest BCUT2D eigenvalue weighted by molar-refractivity contribution is -0.138. The molecule has 1 aromatic carbocycles. The summed E-state index contributed by atoms with van der Waals surface area (Å²) in [5, 5.41) is 2.71. The monoisotopic (exact) mass is 196 g/mol. The molecule has 0 saturated carbocycles. The van der Waals surface area contributed by atoms with E-state index in [0.717, 1.165) is 0 Å². The van der Waals surface area contributed by atoms with Gasteiger partial charge in [0, 0.05) is 0 Å². The summed E-state index contributed by atoms with van der Waals surface area (Å²) in [5.74, 6) is -0.485. The van der Waals surface area contributed by atoms with Gasteiger partial charge in [-0.05, 0) is 24.8 Å². The number of hydrogen-bond acceptors (Lipinski definition) is 5. The molecular weight excluding hydrogens is 184 g/mol. The van der Waals surface area contributed by atoms with Gasteiger partial charge in [-0.2, -0.15) is 0 Å². The van der Waals surface area contributed by atoms with Crippen LogP contribution in [0.3, 0.4) is 0 Å². The fourth-order valence-corrected chi connectivity index (χ4v) is 0.802. The maximum Gasteiger partial charge on any atom is 0.359 e. The Labute approximate surface area is 81.9 Å². The van der Waals surface area contributed by atoms with Crippen molar-refractivity contribution in [3.8, 4) is 0 Å². The van der Waals surface area contributed by atoms with Crippen molar-refractivity contribution < 1.29 is 14.5 Å². The Morgan fingerprint density at radius 3 is 2.71 bits per heavy atom. The van der Waals surface area contributed by atoms with Crippen LogP contribution in [0.2, 0.25) is 0 Å². The average molecular weight is 196 g/mol. The van der Waals surface area contributed by atoms with Crippen molar-refractivity contribution in [1.82, 2.24) is 11.0 Å². The number of benzene rings is 1. The molecule has 0 aliphatic rings. The molecule has 1 aromatic rings. The predicted octanol–water partition coefficient (Wildman–Crippen LogP) is 0.456. The smallest absolute Gasteiger partial charge is 0.340 e. The summed E-state index contributed by atoms with van der Waals surface area (Å²) in [4.78, 5) is 20.5. The summed E-state index contributed by atoms with van der Waals surface area (Å²) in [5.41, 5.74) is 2.54. The molecule has 0 amide bonds. The molecule has 0 heterocycles. The van der Waals surface area contributed by atoms with Gasteiger partial charge in [-0.1, -0.05) is 18.2 Å². The first-order valence-corrected chi connectivity index (χ1v) is 4.12. The van der Waals surface area contributed by atoms with Gasteiger partial charge in [-0.15, -0.1) is 0 Å². The number of carbonyl (C=O) groups excluding carboxylic acids is 1. The molecule has 0 aromatic heterocycles. The first-order valence-electron chi connectivity index (χ1n) is 4.12. The Morgan fingerprint density at radius 2 is 2.07 bits per heavy atom. The quantitative estimate of drug-likeness (QED) is 0.407. The highest BCUT2D eigenvalue weighted by Gasteiger charge is 2.04. The highest BCUT2D eigenvalue weighted by molar-refractivity contribution is 5.88. The Morgan fingerprint density at radius 1 is 1.36 bits per heavy atom. The Balaban J connectivity index is 2.29. The van der Waals surface area contributed by atoms with Crippen LogP contribution in [0.25, 0.3) is 0 Å². The van der Waals surface area contributed by atoms with Crippen molar-refractivity contribution in [2.24, 2.45) is 0 Å². The van der Waals surface area contributed by atoms with Crippen molar-refractivity contribution in [2.75, 3.05) is 13.8 Å². The standard InChI is InChI=1S/C9H12N2O3/c1-10-7-13-11-14-9(12)8-5-3-2-4-6-8/h2-6,10-11H,7H2,1H3. The largest absolute Gasteiger partial charge is 0.359 e. The first-order chi connectivity index (χ1) is 6.84. The summed E-state index contributed by atoms with van der Waals surface area (Å²) in [6, 6.07) is 8.64. The van der Waals surface area contributed by atoms with Crippen LogP contribution in [0.5, 0.6) is 0 Å². The van der Waals surface area contributed by atoms with E-state index in [9.17, 15) is 4.79 Å². The number of nitrogens with one attached hydrogen (secondary N) is 2. The van der Waals surface area contributed by atoms with Gasteiger partial charge in [0.2, 0.25) is 0 Å². The maximum absolute atomic E-state index is 11.2. The van der Waals surface area contributed by atoms with Crippen LogP contribution in [0.1, 0.15) is 10.4 Å². The van der Waals surface area contributed by atoms with Crippen LogP contribution >= 0.6 is 0 Å². The molecule has 5 heteroatoms. The zero-order valence-electron chi connectivity index (χ0n) is 7.82. The minimum absolute atomic E-state index is 0.252. The molecule has 0 aliphatic heterocycles. The summed E-state index contributed by atoms with van der Waals surface area (Å²) >= 11 is 0. The van der Waals surface area contributed by atoms with Crippen molar-refractivity contribution in [3.05, 3.63) is 35.9 Å². The summed E-state index contributed by atoms with van der Waals surface area (Å²) in [6.45, 7) is 0.252. The van der Waals surface area contributed by atoms with Crippen LogP contribution in [-0.4, -0.2) is 19.7 Å². The molecule has 14 heavy (non-hydrogen) atoms. The van der Waals surface area contributed by atoms with Gasteiger partial charge in [-0.25, -0.2) is 4.79 Å². The van der Waals surface area contributed by atoms with E-state index in [4.69, 9.17) is 0 Å². The second-order valence-electron chi connectivity index (χ2n) is 2.48. The van der Waals surface area contributed by atoms with Crippen molar-refractivity contribution in [2.45, 2.75) is 0 Å². The van der Waals surface area contributed by atoms with Gasteiger partial charge in [0.05, 0.1) is 5.56 Å². The molecule has 0 spiro atoms. The number of hydrogen-bond donors (Lipinski definition) is 2. The summed E-state index contributed by atoms with van der Waals surface area (Å²) < 4.78 is 0. The molecule has 0 aliphatic carbocycles. The van der Waals surface area contributed by atoms with Gasteiger partial charge in [0.15, 0.2) is 0 Å². The number of carbonyl (C=O) groups is 1. The van der Waals surface area contributed by atoms with E-state index in [1.807, 2.05) is 6.07 Å². The van der Waals surface area contributed by atoms with Crippen LogP contribution in [0.15, 0.2) is 30.3 Å². The molecule has 5 nitrogen and oxygen atoms in total. The van der Waals surface area contributed by atoms with Gasteiger partial charge in [0.1, 0.15) is 6.73 Å². The van der Waals surface area contributed by atoms with E-state index in [0.29, 0.717) is 5.56 Å². The predicted molar refractivity (Wildman–Crippen MR) is 50.0 cm³/mol. The minimum Gasteiger partial charge on any atom is -0.340 e. The average Bonchev–Trinajstić information content (AvgIpc) is 2.25. The third-order valence-electron chi connectivity index (χ3n) is 1.42. The summed E-state index contributed by atoms with van der Waals surface area (Å²) in [7, 11) is 1.71. The van der Waals surface area contributed by atoms with E-state index in [1.165, 1.54) is 0 Å². The lowest BCUT2D eigenvalue weighted by Gasteiger charge is -2.04. The van der Waals surface area contributed by atoms with Crippen LogP contribution < -0.4 is 11.0 Å². The molecule has 76 valence electrons. The van der Waals surface area contributed by atoms with Crippen LogP contribution in [0, 0.1) is 0 Å². The molecule has 2 N–H and O–H groups in total. The van der Waals surface area contributed by atoms with E-state index in [2.05, 4.69) is 20.6 Å².